The number of hydrogen-bond acceptors (Lipinski definition) is 6. The Hall–Kier alpha value is -1.89. The Balaban J connectivity index is 1.86. The van der Waals surface area contributed by atoms with Gasteiger partial charge in [-0.15, -0.1) is 21.5 Å². The van der Waals surface area contributed by atoms with Gasteiger partial charge in [-0.25, -0.2) is 0 Å². The van der Waals surface area contributed by atoms with Crippen LogP contribution in [0.4, 0.5) is 10.7 Å². The van der Waals surface area contributed by atoms with Gasteiger partial charge in [0.2, 0.25) is 0 Å². The molecule has 3 rings (SSSR count). The first-order chi connectivity index (χ1) is 9.56. The minimum absolute atomic E-state index is 0.0340. The second-order valence-corrected chi connectivity index (χ2v) is 6.28. The maximum absolute atomic E-state index is 12.1. The Morgan fingerprint density at radius 2 is 2.25 bits per heavy atom. The van der Waals surface area contributed by atoms with E-state index in [9.17, 15) is 4.79 Å². The first-order valence-corrected chi connectivity index (χ1v) is 7.43. The van der Waals surface area contributed by atoms with Crippen LogP contribution in [-0.4, -0.2) is 27.1 Å². The van der Waals surface area contributed by atoms with E-state index in [1.54, 1.807) is 6.33 Å². The van der Waals surface area contributed by atoms with Crippen LogP contribution in [0.5, 0.6) is 0 Å². The van der Waals surface area contributed by atoms with Crippen LogP contribution in [0.15, 0.2) is 12.4 Å². The molecule has 2 N–H and O–H groups in total. The summed E-state index contributed by atoms with van der Waals surface area (Å²) in [5, 5.41) is 9.05. The Labute approximate surface area is 121 Å². The summed E-state index contributed by atoms with van der Waals surface area (Å²) in [6.07, 6.45) is 1.75. The van der Waals surface area contributed by atoms with Gasteiger partial charge in [0, 0.05) is 19.0 Å². The van der Waals surface area contributed by atoms with Crippen molar-refractivity contribution in [3.8, 4) is 0 Å². The highest BCUT2D eigenvalue weighted by Crippen LogP contribution is 2.35. The predicted octanol–water partition coefficient (Wildman–Crippen LogP) is 1.78. The Morgan fingerprint density at radius 1 is 1.45 bits per heavy atom. The number of Topliss-reactive ketones (excluding diaryl/α,β-unsaturated/α-hetero) is 1. The van der Waals surface area contributed by atoms with Gasteiger partial charge in [-0.3, -0.25) is 4.79 Å². The lowest BCUT2D eigenvalue weighted by Crippen LogP contribution is -2.32. The Bertz CT molecular complexity index is 645. The number of ketones is 1. The predicted molar refractivity (Wildman–Crippen MR) is 79.0 cm³/mol. The van der Waals surface area contributed by atoms with E-state index in [2.05, 4.69) is 15.1 Å². The lowest BCUT2D eigenvalue weighted by atomic mass is 10.1. The number of nitrogens with zero attached hydrogens (tertiary/aromatic N) is 4. The van der Waals surface area contributed by atoms with Gasteiger partial charge in [-0.1, -0.05) is 13.8 Å². The maximum Gasteiger partial charge on any atom is 0.177 e. The van der Waals surface area contributed by atoms with E-state index in [0.29, 0.717) is 17.1 Å². The van der Waals surface area contributed by atoms with Crippen LogP contribution in [0, 0.1) is 5.92 Å². The van der Waals surface area contributed by atoms with Crippen LogP contribution < -0.4 is 10.6 Å². The number of hydrogen-bond donors (Lipinski definition) is 1. The number of nitrogens with two attached hydrogens (primary N) is 1. The molecule has 0 aromatic carbocycles. The molecule has 0 atom stereocenters. The van der Waals surface area contributed by atoms with Gasteiger partial charge in [-0.05, 0) is 6.07 Å². The van der Waals surface area contributed by atoms with Gasteiger partial charge >= 0.3 is 0 Å². The van der Waals surface area contributed by atoms with Crippen molar-refractivity contribution in [3.05, 3.63) is 23.1 Å². The van der Waals surface area contributed by atoms with Crippen molar-refractivity contribution in [2.75, 3.05) is 17.2 Å². The van der Waals surface area contributed by atoms with Crippen molar-refractivity contribution >= 4 is 27.8 Å². The van der Waals surface area contributed by atoms with Gasteiger partial charge in [-0.2, -0.15) is 0 Å². The molecule has 0 spiro atoms. The van der Waals surface area contributed by atoms with Crippen LogP contribution in [-0.2, 0) is 13.1 Å². The van der Waals surface area contributed by atoms with E-state index in [1.807, 2.05) is 24.5 Å². The van der Waals surface area contributed by atoms with Gasteiger partial charge < -0.3 is 15.2 Å². The fourth-order valence-electron chi connectivity index (χ4n) is 2.26. The molecule has 0 saturated carbocycles. The molecule has 6 nitrogen and oxygen atoms in total. The smallest absolute Gasteiger partial charge is 0.177 e. The molecule has 0 fully saturated rings. The molecule has 2 aromatic rings. The fourth-order valence-corrected chi connectivity index (χ4v) is 3.45. The van der Waals surface area contributed by atoms with E-state index in [1.165, 1.54) is 11.3 Å². The minimum Gasteiger partial charge on any atom is -0.397 e. The number of carbonyl (C=O) groups is 1. The highest BCUT2D eigenvalue weighted by Gasteiger charge is 2.23. The van der Waals surface area contributed by atoms with Gasteiger partial charge in [0.15, 0.2) is 11.6 Å². The number of thiophene rings is 1. The number of rotatable bonds is 3. The summed E-state index contributed by atoms with van der Waals surface area (Å²) in [6, 6.07) is 1.90. The molecule has 0 aliphatic carbocycles. The minimum atomic E-state index is -0.0340. The molecule has 0 unspecified atom stereocenters. The zero-order chi connectivity index (χ0) is 14.3. The third kappa shape index (κ3) is 2.18. The normalized spacial score (nSPS) is 14.7. The van der Waals surface area contributed by atoms with Crippen LogP contribution in [0.2, 0.25) is 0 Å². The monoisotopic (exact) mass is 291 g/mol. The van der Waals surface area contributed by atoms with E-state index >= 15 is 0 Å². The third-order valence-electron chi connectivity index (χ3n) is 3.45. The molecule has 0 radical (unpaired) electrons. The number of nitrogen functional groups attached to an aromatic ring is 1. The van der Waals surface area contributed by atoms with Crippen molar-refractivity contribution in [2.45, 2.75) is 26.9 Å². The first kappa shape index (κ1) is 13.1. The van der Waals surface area contributed by atoms with E-state index in [4.69, 9.17) is 5.73 Å². The van der Waals surface area contributed by atoms with Crippen LogP contribution in [0.1, 0.15) is 29.3 Å². The molecule has 1 aliphatic heterocycles. The van der Waals surface area contributed by atoms with Gasteiger partial charge in [0.1, 0.15) is 6.33 Å². The third-order valence-corrected chi connectivity index (χ3v) is 4.67. The van der Waals surface area contributed by atoms with Crippen molar-refractivity contribution in [3.63, 3.8) is 0 Å². The molecule has 1 aliphatic rings. The van der Waals surface area contributed by atoms with Crippen molar-refractivity contribution in [1.82, 2.24) is 14.8 Å². The van der Waals surface area contributed by atoms with Crippen molar-refractivity contribution in [1.29, 1.82) is 0 Å². The largest absolute Gasteiger partial charge is 0.397 e. The number of fused-ring (bicyclic) bond motifs is 1. The first-order valence-electron chi connectivity index (χ1n) is 6.61. The van der Waals surface area contributed by atoms with E-state index in [0.717, 1.165) is 23.9 Å². The molecule has 0 saturated heterocycles. The number of aromatic nitrogens is 3. The standard InChI is InChI=1S/C13H17N5OS/c1-8(2)12(19)13-9(14)5-11(20-13)17-3-4-18-7-15-16-10(18)6-17/h5,7-8H,3-4,6,14H2,1-2H3. The average Bonchev–Trinajstić information content (AvgIpc) is 3.02. The van der Waals surface area contributed by atoms with Gasteiger partial charge in [0.25, 0.3) is 0 Å². The molecule has 0 bridgehead atoms. The van der Waals surface area contributed by atoms with Crippen molar-refractivity contribution in [2.24, 2.45) is 5.92 Å². The highest BCUT2D eigenvalue weighted by atomic mass is 32.1. The van der Waals surface area contributed by atoms with E-state index in [-0.39, 0.29) is 11.7 Å². The summed E-state index contributed by atoms with van der Waals surface area (Å²) in [6.45, 7) is 6.22. The SMILES string of the molecule is CC(C)C(=O)c1sc(N2CCn3cnnc3C2)cc1N. The van der Waals surface area contributed by atoms with Crippen LogP contribution in [0.3, 0.4) is 0 Å². The molecule has 7 heteroatoms. The molecule has 20 heavy (non-hydrogen) atoms. The molecular weight excluding hydrogens is 274 g/mol. The Morgan fingerprint density at radius 3 is 3.00 bits per heavy atom. The van der Waals surface area contributed by atoms with Crippen molar-refractivity contribution < 1.29 is 4.79 Å². The second kappa shape index (κ2) is 4.90. The van der Waals surface area contributed by atoms with Crippen LogP contribution in [0.25, 0.3) is 0 Å². The molecule has 3 heterocycles. The number of carbonyl (C=O) groups excluding carboxylic acids is 1. The quantitative estimate of drug-likeness (QED) is 0.872. The average molecular weight is 291 g/mol. The number of anilines is 2. The lowest BCUT2D eigenvalue weighted by Gasteiger charge is -2.27. The molecular formula is C13H17N5OS. The summed E-state index contributed by atoms with van der Waals surface area (Å²) >= 11 is 1.47. The second-order valence-electron chi connectivity index (χ2n) is 5.25. The van der Waals surface area contributed by atoms with E-state index < -0.39 is 0 Å². The summed E-state index contributed by atoms with van der Waals surface area (Å²) in [7, 11) is 0. The zero-order valence-electron chi connectivity index (χ0n) is 11.5. The molecule has 106 valence electrons. The summed E-state index contributed by atoms with van der Waals surface area (Å²) in [5.74, 6) is 1.02. The highest BCUT2D eigenvalue weighted by molar-refractivity contribution is 7.18. The molecule has 2 aromatic heterocycles. The van der Waals surface area contributed by atoms with Gasteiger partial charge in [0.05, 0.1) is 22.1 Å². The topological polar surface area (TPSA) is 77.0 Å². The summed E-state index contributed by atoms with van der Waals surface area (Å²) in [5.41, 5.74) is 6.57. The zero-order valence-corrected chi connectivity index (χ0v) is 12.4. The maximum atomic E-state index is 12.1. The Kier molecular flexibility index (Phi) is 3.21. The summed E-state index contributed by atoms with van der Waals surface area (Å²) in [4.78, 5) is 15.0. The van der Waals surface area contributed by atoms with Crippen LogP contribution >= 0.6 is 11.3 Å². The summed E-state index contributed by atoms with van der Waals surface area (Å²) < 4.78 is 2.05. The fraction of sp³-hybridized carbons (Fsp3) is 0.462. The molecule has 0 amide bonds. The lowest BCUT2D eigenvalue weighted by molar-refractivity contribution is 0.0944.